The number of carbonyl (C=O) groups is 2. The van der Waals surface area contributed by atoms with Crippen LogP contribution in [0.4, 0.5) is 5.69 Å². The Kier molecular flexibility index (Phi) is 4.08. The largest absolute Gasteiger partial charge is 0.476 e. The van der Waals surface area contributed by atoms with Crippen molar-refractivity contribution in [1.29, 1.82) is 0 Å². The van der Waals surface area contributed by atoms with Crippen molar-refractivity contribution in [2.45, 2.75) is 46.6 Å². The summed E-state index contributed by atoms with van der Waals surface area (Å²) in [7, 11) is 0. The molecule has 0 saturated carbocycles. The summed E-state index contributed by atoms with van der Waals surface area (Å²) in [5.41, 5.74) is 0.450. The number of anilines is 1. The molecule has 0 bridgehead atoms. The van der Waals surface area contributed by atoms with E-state index in [1.54, 1.807) is 36.9 Å². The topological polar surface area (TPSA) is 46.6 Å². The standard InChI is InChI=1S/C17H23NO3/c1-6-14(19)12-7-8-15-13(9-12)18(10-11(2)3)16(20)17(4,5)21-15/h7-9,11H,6,10H2,1-5H3. The maximum Gasteiger partial charge on any atom is 0.270 e. The first-order valence-electron chi connectivity index (χ1n) is 7.44. The Labute approximate surface area is 126 Å². The van der Waals surface area contributed by atoms with Gasteiger partial charge in [0.05, 0.1) is 5.69 Å². The Morgan fingerprint density at radius 2 is 2.00 bits per heavy atom. The smallest absolute Gasteiger partial charge is 0.270 e. The lowest BCUT2D eigenvalue weighted by molar-refractivity contribution is -0.132. The zero-order chi connectivity index (χ0) is 15.8. The highest BCUT2D eigenvalue weighted by molar-refractivity contribution is 6.04. The number of ketones is 1. The summed E-state index contributed by atoms with van der Waals surface area (Å²) in [5.74, 6) is 0.999. The molecular weight excluding hydrogens is 266 g/mol. The number of Topliss-reactive ketones (excluding diaryl/α,β-unsaturated/α-hetero) is 1. The van der Waals surface area contributed by atoms with Crippen LogP contribution in [0, 0.1) is 5.92 Å². The van der Waals surface area contributed by atoms with Crippen molar-refractivity contribution in [2.75, 3.05) is 11.4 Å². The summed E-state index contributed by atoms with van der Waals surface area (Å²) < 4.78 is 5.81. The number of benzene rings is 1. The molecule has 0 atom stereocenters. The van der Waals surface area contributed by atoms with E-state index in [2.05, 4.69) is 13.8 Å². The number of hydrogen-bond donors (Lipinski definition) is 0. The van der Waals surface area contributed by atoms with Crippen molar-refractivity contribution in [3.05, 3.63) is 23.8 Å². The fourth-order valence-electron chi connectivity index (χ4n) is 2.49. The van der Waals surface area contributed by atoms with Gasteiger partial charge >= 0.3 is 0 Å². The molecule has 1 amide bonds. The number of carbonyl (C=O) groups excluding carboxylic acids is 2. The van der Waals surface area contributed by atoms with Gasteiger partial charge in [0.1, 0.15) is 5.75 Å². The fraction of sp³-hybridized carbons (Fsp3) is 0.529. The molecule has 21 heavy (non-hydrogen) atoms. The summed E-state index contributed by atoms with van der Waals surface area (Å²) in [4.78, 5) is 26.3. The molecule has 0 spiro atoms. The first-order chi connectivity index (χ1) is 9.76. The van der Waals surface area contributed by atoms with Crippen molar-refractivity contribution in [3.63, 3.8) is 0 Å². The number of fused-ring (bicyclic) bond motifs is 1. The molecule has 0 fully saturated rings. The van der Waals surface area contributed by atoms with Gasteiger partial charge in [0.25, 0.3) is 5.91 Å². The van der Waals surface area contributed by atoms with Gasteiger partial charge in [-0.3, -0.25) is 9.59 Å². The fourth-order valence-corrected chi connectivity index (χ4v) is 2.49. The van der Waals surface area contributed by atoms with E-state index in [0.29, 0.717) is 35.9 Å². The van der Waals surface area contributed by atoms with Crippen molar-refractivity contribution >= 4 is 17.4 Å². The Morgan fingerprint density at radius 3 is 2.57 bits per heavy atom. The van der Waals surface area contributed by atoms with Gasteiger partial charge in [-0.25, -0.2) is 0 Å². The average Bonchev–Trinajstić information content (AvgIpc) is 2.42. The molecule has 0 aliphatic carbocycles. The van der Waals surface area contributed by atoms with Crippen molar-refractivity contribution in [1.82, 2.24) is 0 Å². The second-order valence-electron chi connectivity index (χ2n) is 6.38. The maximum absolute atomic E-state index is 12.6. The van der Waals surface area contributed by atoms with Gasteiger partial charge in [-0.1, -0.05) is 20.8 Å². The van der Waals surface area contributed by atoms with Crippen molar-refractivity contribution in [3.8, 4) is 5.75 Å². The summed E-state index contributed by atoms with van der Waals surface area (Å²) in [6, 6.07) is 5.33. The molecule has 1 aromatic rings. The SMILES string of the molecule is CCC(=O)c1ccc2c(c1)N(CC(C)C)C(=O)C(C)(C)O2. The third kappa shape index (κ3) is 2.94. The molecule has 4 nitrogen and oxygen atoms in total. The van der Waals surface area contributed by atoms with Gasteiger partial charge < -0.3 is 9.64 Å². The lowest BCUT2D eigenvalue weighted by Gasteiger charge is -2.39. The van der Waals surface area contributed by atoms with Crippen LogP contribution in [0.3, 0.4) is 0 Å². The van der Waals surface area contributed by atoms with E-state index in [-0.39, 0.29) is 11.7 Å². The summed E-state index contributed by atoms with van der Waals surface area (Å²) in [5, 5.41) is 0. The van der Waals surface area contributed by atoms with E-state index in [1.807, 2.05) is 6.92 Å². The predicted molar refractivity (Wildman–Crippen MR) is 83.0 cm³/mol. The van der Waals surface area contributed by atoms with Crippen LogP contribution in [-0.4, -0.2) is 23.8 Å². The minimum atomic E-state index is -0.877. The predicted octanol–water partition coefficient (Wildman–Crippen LogP) is 3.44. The highest BCUT2D eigenvalue weighted by Crippen LogP contribution is 2.38. The zero-order valence-corrected chi connectivity index (χ0v) is 13.4. The van der Waals surface area contributed by atoms with Crippen LogP contribution in [0.1, 0.15) is 51.4 Å². The van der Waals surface area contributed by atoms with E-state index >= 15 is 0 Å². The third-order valence-electron chi connectivity index (χ3n) is 3.57. The van der Waals surface area contributed by atoms with Gasteiger partial charge in [-0.15, -0.1) is 0 Å². The zero-order valence-electron chi connectivity index (χ0n) is 13.4. The molecule has 114 valence electrons. The van der Waals surface area contributed by atoms with Gasteiger partial charge in [-0.2, -0.15) is 0 Å². The summed E-state index contributed by atoms with van der Waals surface area (Å²) >= 11 is 0. The van der Waals surface area contributed by atoms with Gasteiger partial charge in [-0.05, 0) is 38.0 Å². The van der Waals surface area contributed by atoms with Crippen LogP contribution in [0.5, 0.6) is 5.75 Å². The molecule has 4 heteroatoms. The summed E-state index contributed by atoms with van der Waals surface area (Å²) in [6.07, 6.45) is 0.448. The molecule has 0 radical (unpaired) electrons. The highest BCUT2D eigenvalue weighted by atomic mass is 16.5. The van der Waals surface area contributed by atoms with Crippen LogP contribution < -0.4 is 9.64 Å². The van der Waals surface area contributed by atoms with Crippen LogP contribution in [0.25, 0.3) is 0 Å². The average molecular weight is 289 g/mol. The van der Waals surface area contributed by atoms with E-state index in [1.165, 1.54) is 0 Å². The Bertz CT molecular complexity index is 575. The molecule has 0 aromatic heterocycles. The number of nitrogens with zero attached hydrogens (tertiary/aromatic N) is 1. The maximum atomic E-state index is 12.6. The minimum Gasteiger partial charge on any atom is -0.476 e. The number of amides is 1. The Balaban J connectivity index is 2.51. The molecule has 0 saturated heterocycles. The molecule has 1 aromatic carbocycles. The highest BCUT2D eigenvalue weighted by Gasteiger charge is 2.41. The Hall–Kier alpha value is -1.84. The number of rotatable bonds is 4. The summed E-state index contributed by atoms with van der Waals surface area (Å²) in [6.45, 7) is 10.1. The van der Waals surface area contributed by atoms with Crippen LogP contribution in [0.15, 0.2) is 18.2 Å². The lowest BCUT2D eigenvalue weighted by Crippen LogP contribution is -2.53. The van der Waals surface area contributed by atoms with E-state index in [9.17, 15) is 9.59 Å². The van der Waals surface area contributed by atoms with Crippen molar-refractivity contribution in [2.24, 2.45) is 5.92 Å². The third-order valence-corrected chi connectivity index (χ3v) is 3.57. The lowest BCUT2D eigenvalue weighted by atomic mass is 10.00. The molecule has 1 aliphatic rings. The van der Waals surface area contributed by atoms with E-state index in [4.69, 9.17) is 4.74 Å². The Morgan fingerprint density at radius 1 is 1.33 bits per heavy atom. The minimum absolute atomic E-state index is 0.0650. The van der Waals surface area contributed by atoms with Gasteiger partial charge in [0, 0.05) is 18.5 Å². The molecule has 0 unspecified atom stereocenters. The molecule has 1 aliphatic heterocycles. The molecule has 1 heterocycles. The van der Waals surface area contributed by atoms with Crippen LogP contribution in [0.2, 0.25) is 0 Å². The monoisotopic (exact) mass is 289 g/mol. The number of ether oxygens (including phenoxy) is 1. The molecule has 0 N–H and O–H groups in total. The normalized spacial score (nSPS) is 16.7. The quantitative estimate of drug-likeness (QED) is 0.798. The second-order valence-corrected chi connectivity index (χ2v) is 6.38. The van der Waals surface area contributed by atoms with Gasteiger partial charge in [0.15, 0.2) is 11.4 Å². The van der Waals surface area contributed by atoms with Crippen LogP contribution >= 0.6 is 0 Å². The first-order valence-corrected chi connectivity index (χ1v) is 7.44. The first kappa shape index (κ1) is 15.5. The molecule has 2 rings (SSSR count). The second kappa shape index (κ2) is 5.51. The molecular formula is C17H23NO3. The van der Waals surface area contributed by atoms with Gasteiger partial charge in [0.2, 0.25) is 0 Å². The number of hydrogen-bond acceptors (Lipinski definition) is 3. The van der Waals surface area contributed by atoms with E-state index in [0.717, 1.165) is 0 Å². The van der Waals surface area contributed by atoms with Crippen LogP contribution in [-0.2, 0) is 4.79 Å². The van der Waals surface area contributed by atoms with E-state index < -0.39 is 5.60 Å². The van der Waals surface area contributed by atoms with Crippen molar-refractivity contribution < 1.29 is 14.3 Å².